The van der Waals surface area contributed by atoms with E-state index in [1.54, 1.807) is 6.07 Å². The Morgan fingerprint density at radius 3 is 2.57 bits per heavy atom. The van der Waals surface area contributed by atoms with Crippen LogP contribution in [0.3, 0.4) is 0 Å². The molecular weight excluding hydrogens is 571 g/mol. The van der Waals surface area contributed by atoms with E-state index in [4.69, 9.17) is 4.74 Å². The maximum Gasteiger partial charge on any atom is 0.416 e. The molecule has 2 fully saturated rings. The number of hydrogen-bond donors (Lipinski definition) is 1. The third-order valence-corrected chi connectivity index (χ3v) is 7.39. The summed E-state index contributed by atoms with van der Waals surface area (Å²) in [6.07, 6.45) is -6.13. The number of nitrogens with zero attached hydrogens (tertiary/aromatic N) is 3. The summed E-state index contributed by atoms with van der Waals surface area (Å²) in [7, 11) is 0. The lowest BCUT2D eigenvalue weighted by molar-refractivity contribution is -0.302. The molecule has 3 heterocycles. The molecule has 1 aliphatic carbocycles. The second-order valence-electron chi connectivity index (χ2n) is 9.10. The summed E-state index contributed by atoms with van der Waals surface area (Å²) < 4.78 is 75.8. The van der Waals surface area contributed by atoms with Gasteiger partial charge in [-0.25, -0.2) is 13.6 Å². The predicted molar refractivity (Wildman–Crippen MR) is 119 cm³/mol. The summed E-state index contributed by atoms with van der Waals surface area (Å²) in [4.78, 5) is 44.2. The van der Waals surface area contributed by atoms with E-state index in [0.717, 1.165) is 18.3 Å². The van der Waals surface area contributed by atoms with Crippen molar-refractivity contribution in [1.82, 2.24) is 20.1 Å². The Kier molecular flexibility index (Phi) is 6.01. The Hall–Kier alpha value is -3.13. The lowest BCUT2D eigenvalue weighted by Crippen LogP contribution is -2.72. The van der Waals surface area contributed by atoms with Crippen molar-refractivity contribution in [3.8, 4) is 0 Å². The fourth-order valence-corrected chi connectivity index (χ4v) is 5.27. The zero-order chi connectivity index (χ0) is 26.8. The summed E-state index contributed by atoms with van der Waals surface area (Å²) in [6.45, 7) is -3.44. The summed E-state index contributed by atoms with van der Waals surface area (Å²) >= 11 is 3.23. The molecule has 196 valence electrons. The molecule has 8 nitrogen and oxygen atoms in total. The molecule has 0 radical (unpaired) electrons. The van der Waals surface area contributed by atoms with Gasteiger partial charge < -0.3 is 15.0 Å². The normalized spacial score (nSPS) is 24.2. The molecule has 0 saturated carbocycles. The maximum absolute atomic E-state index is 14.8. The van der Waals surface area contributed by atoms with Crippen LogP contribution in [0.1, 0.15) is 29.4 Å². The van der Waals surface area contributed by atoms with Crippen LogP contribution in [-0.4, -0.2) is 64.1 Å². The molecule has 1 spiro atoms. The quantitative estimate of drug-likeness (QED) is 0.426. The molecule has 0 bridgehead atoms. The monoisotopic (exact) mass is 588 g/mol. The van der Waals surface area contributed by atoms with Crippen LogP contribution < -0.4 is 5.32 Å². The lowest BCUT2D eigenvalue weighted by Gasteiger charge is -2.50. The zero-order valence-electron chi connectivity index (χ0n) is 18.8. The predicted octanol–water partition coefficient (Wildman–Crippen LogP) is 3.50. The number of alkyl halides is 4. The summed E-state index contributed by atoms with van der Waals surface area (Å²) in [5.74, 6) is -2.88. The fraction of sp³-hybridized carbons (Fsp3) is 0.391. The van der Waals surface area contributed by atoms with Crippen molar-refractivity contribution in [3.63, 3.8) is 0 Å². The van der Waals surface area contributed by atoms with Gasteiger partial charge in [0, 0.05) is 10.9 Å². The van der Waals surface area contributed by atoms with Crippen LogP contribution in [0.2, 0.25) is 0 Å². The van der Waals surface area contributed by atoms with Gasteiger partial charge in [0.15, 0.2) is 5.54 Å². The van der Waals surface area contributed by atoms with E-state index in [9.17, 15) is 36.3 Å². The van der Waals surface area contributed by atoms with E-state index in [2.05, 4.69) is 26.2 Å². The van der Waals surface area contributed by atoms with E-state index >= 15 is 0 Å². The number of urea groups is 1. The molecule has 5 rings (SSSR count). The third-order valence-electron chi connectivity index (χ3n) is 6.90. The molecule has 0 unspecified atom stereocenters. The highest BCUT2D eigenvalue weighted by Crippen LogP contribution is 2.49. The number of hydrogen-bond acceptors (Lipinski definition) is 5. The molecular formula is C23H18BrF5N4O4. The molecule has 14 heteroatoms. The van der Waals surface area contributed by atoms with Crippen LogP contribution in [0.5, 0.6) is 0 Å². The van der Waals surface area contributed by atoms with Crippen LogP contribution in [-0.2, 0) is 26.4 Å². The minimum Gasteiger partial charge on any atom is -0.376 e. The van der Waals surface area contributed by atoms with Crippen LogP contribution in [0.15, 0.2) is 41.0 Å². The molecule has 37 heavy (non-hydrogen) atoms. The maximum atomic E-state index is 14.8. The number of carbonyl (C=O) groups excluding carboxylic acids is 3. The Balaban J connectivity index is 1.45. The van der Waals surface area contributed by atoms with Gasteiger partial charge in [-0.1, -0.05) is 22.0 Å². The number of nitrogens with one attached hydrogen (secondary N) is 1. The number of halogens is 6. The lowest BCUT2D eigenvalue weighted by atomic mass is 9.91. The van der Waals surface area contributed by atoms with Crippen molar-refractivity contribution in [1.29, 1.82) is 0 Å². The number of amides is 4. The molecule has 1 aromatic carbocycles. The van der Waals surface area contributed by atoms with Gasteiger partial charge in [-0.05, 0) is 35.4 Å². The number of pyridine rings is 1. The third kappa shape index (κ3) is 3.97. The van der Waals surface area contributed by atoms with Crippen molar-refractivity contribution < 1.29 is 41.1 Å². The second-order valence-corrected chi connectivity index (χ2v) is 10.0. The Bertz CT molecular complexity index is 1290. The van der Waals surface area contributed by atoms with E-state index in [-0.39, 0.29) is 16.8 Å². The molecule has 3 aliphatic rings. The van der Waals surface area contributed by atoms with Crippen molar-refractivity contribution in [2.24, 2.45) is 0 Å². The number of rotatable bonds is 5. The van der Waals surface area contributed by atoms with Crippen LogP contribution in [0.4, 0.5) is 26.7 Å². The molecule has 1 aromatic heterocycles. The number of imide groups is 1. The van der Waals surface area contributed by atoms with E-state index in [1.165, 1.54) is 12.1 Å². The smallest absolute Gasteiger partial charge is 0.376 e. The summed E-state index contributed by atoms with van der Waals surface area (Å²) in [5.41, 5.74) is -4.16. The molecule has 2 aromatic rings. The second kappa shape index (κ2) is 8.72. The highest BCUT2D eigenvalue weighted by molar-refractivity contribution is 9.10. The first-order valence-electron chi connectivity index (χ1n) is 11.0. The molecule has 4 amide bonds. The van der Waals surface area contributed by atoms with Gasteiger partial charge in [0.25, 0.3) is 5.91 Å². The molecule has 1 N–H and O–H groups in total. The minimum absolute atomic E-state index is 0.0467. The Morgan fingerprint density at radius 1 is 1.24 bits per heavy atom. The standard InChI is InChI=1S/C23H18BrF5N4O4/c24-12-1-4-16-15(5-12)17(26)6-22(16)19(35)32(20(36)31-22)9-18(34)33(8-14-3-2-13(25)7-30-14)21(10-37-11-21)23(27,28)29/h1-5,7,17H,6,8-11H2,(H,31,36)/t17-,22+/m1/s1. The van der Waals surface area contributed by atoms with Gasteiger partial charge in [-0.15, -0.1) is 0 Å². The van der Waals surface area contributed by atoms with Gasteiger partial charge >= 0.3 is 12.2 Å². The molecule has 2 atom stereocenters. The highest BCUT2D eigenvalue weighted by atomic mass is 79.9. The number of fused-ring (bicyclic) bond motifs is 2. The number of ether oxygens (including phenoxy) is 1. The van der Waals surface area contributed by atoms with Crippen molar-refractivity contribution in [3.05, 3.63) is 63.6 Å². The Morgan fingerprint density at radius 2 is 1.97 bits per heavy atom. The topological polar surface area (TPSA) is 91.8 Å². The van der Waals surface area contributed by atoms with Crippen molar-refractivity contribution in [2.45, 2.75) is 36.4 Å². The average Bonchev–Trinajstić information content (AvgIpc) is 3.19. The van der Waals surface area contributed by atoms with Gasteiger partial charge in [-0.3, -0.25) is 19.5 Å². The van der Waals surface area contributed by atoms with E-state index in [1.807, 2.05) is 0 Å². The van der Waals surface area contributed by atoms with E-state index < -0.39 is 79.8 Å². The van der Waals surface area contributed by atoms with Crippen LogP contribution in [0.25, 0.3) is 0 Å². The number of carbonyl (C=O) groups is 3. The first kappa shape index (κ1) is 25.5. The first-order chi connectivity index (χ1) is 17.4. The number of benzene rings is 1. The number of aromatic nitrogens is 1. The van der Waals surface area contributed by atoms with Crippen molar-refractivity contribution in [2.75, 3.05) is 19.8 Å². The molecule has 2 aliphatic heterocycles. The van der Waals surface area contributed by atoms with Gasteiger partial charge in [0.1, 0.15) is 24.1 Å². The Labute approximate surface area is 214 Å². The molecule has 2 saturated heterocycles. The summed E-state index contributed by atoms with van der Waals surface area (Å²) in [5, 5.41) is 2.44. The van der Waals surface area contributed by atoms with Crippen molar-refractivity contribution >= 4 is 33.8 Å². The van der Waals surface area contributed by atoms with Crippen LogP contribution >= 0.6 is 15.9 Å². The minimum atomic E-state index is -4.92. The first-order valence-corrected chi connectivity index (χ1v) is 11.8. The van der Waals surface area contributed by atoms with Gasteiger partial charge in [0.05, 0.1) is 31.6 Å². The van der Waals surface area contributed by atoms with E-state index in [0.29, 0.717) is 14.3 Å². The SMILES string of the molecule is O=C1N[C@]2(C[C@@H](F)c3cc(Br)ccc32)C(=O)N1CC(=O)N(Cc1ccc(F)cn1)C1(C(F)(F)F)COC1. The zero-order valence-corrected chi connectivity index (χ0v) is 20.4. The van der Waals surface area contributed by atoms with Gasteiger partial charge in [0.2, 0.25) is 5.91 Å². The highest BCUT2D eigenvalue weighted by Gasteiger charge is 2.65. The largest absolute Gasteiger partial charge is 0.416 e. The van der Waals surface area contributed by atoms with Crippen LogP contribution in [0, 0.1) is 5.82 Å². The van der Waals surface area contributed by atoms with Gasteiger partial charge in [-0.2, -0.15) is 13.2 Å². The summed E-state index contributed by atoms with van der Waals surface area (Å²) in [6, 6.07) is 5.58. The fourth-order valence-electron chi connectivity index (χ4n) is 4.89. The average molecular weight is 589 g/mol.